The molecule has 0 aromatic heterocycles. The van der Waals surface area contributed by atoms with Crippen LogP contribution in [0.25, 0.3) is 0 Å². The molecule has 22 heavy (non-hydrogen) atoms. The summed E-state index contributed by atoms with van der Waals surface area (Å²) in [5.74, 6) is 1.46. The molecule has 1 unspecified atom stereocenters. The Labute approximate surface area is 134 Å². The molecule has 1 saturated carbocycles. The fourth-order valence-electron chi connectivity index (χ4n) is 3.29. The van der Waals surface area contributed by atoms with Crippen molar-refractivity contribution >= 4 is 0 Å². The lowest BCUT2D eigenvalue weighted by Crippen LogP contribution is -2.34. The molecule has 2 rings (SSSR count). The highest BCUT2D eigenvalue weighted by atomic mass is 16.5. The zero-order valence-corrected chi connectivity index (χ0v) is 14.0. The normalized spacial score (nSPS) is 17.5. The standard InChI is InChI=1S/C18H29NO3/c1-19(14-7-5-4-6-8-14)12-11-17(20)16-13-15(21-2)9-10-18(16)22-3/h9-10,13-14,17,20H,4-8,11-12H2,1-3H3. The second kappa shape index (κ2) is 8.39. The van der Waals surface area contributed by atoms with Gasteiger partial charge in [0.15, 0.2) is 0 Å². The Balaban J connectivity index is 1.94. The van der Waals surface area contributed by atoms with Crippen LogP contribution in [-0.4, -0.2) is 43.9 Å². The van der Waals surface area contributed by atoms with Gasteiger partial charge in [0.25, 0.3) is 0 Å². The van der Waals surface area contributed by atoms with Gasteiger partial charge in [0, 0.05) is 18.2 Å². The Kier molecular flexibility index (Phi) is 6.52. The highest BCUT2D eigenvalue weighted by Gasteiger charge is 2.20. The van der Waals surface area contributed by atoms with E-state index in [2.05, 4.69) is 11.9 Å². The molecule has 1 aliphatic carbocycles. The molecule has 1 aromatic carbocycles. The fraction of sp³-hybridized carbons (Fsp3) is 0.667. The van der Waals surface area contributed by atoms with Crippen molar-refractivity contribution in [3.63, 3.8) is 0 Å². The third-order valence-corrected chi connectivity index (χ3v) is 4.75. The Bertz CT molecular complexity index is 458. The summed E-state index contributed by atoms with van der Waals surface area (Å²) < 4.78 is 10.6. The first kappa shape index (κ1) is 17.1. The maximum Gasteiger partial charge on any atom is 0.124 e. The molecule has 0 amide bonds. The molecule has 0 spiro atoms. The number of rotatable bonds is 7. The van der Waals surface area contributed by atoms with E-state index >= 15 is 0 Å². The van der Waals surface area contributed by atoms with Crippen LogP contribution in [0.3, 0.4) is 0 Å². The second-order valence-electron chi connectivity index (χ2n) is 6.18. The third-order valence-electron chi connectivity index (χ3n) is 4.75. The Morgan fingerprint density at radius 1 is 1.18 bits per heavy atom. The molecule has 4 heteroatoms. The summed E-state index contributed by atoms with van der Waals surface area (Å²) in [4.78, 5) is 2.40. The van der Waals surface area contributed by atoms with E-state index in [0.717, 1.165) is 17.9 Å². The van der Waals surface area contributed by atoms with Crippen molar-refractivity contribution in [3.8, 4) is 11.5 Å². The summed E-state index contributed by atoms with van der Waals surface area (Å²) in [6.07, 6.45) is 6.79. The van der Waals surface area contributed by atoms with E-state index in [0.29, 0.717) is 18.2 Å². The zero-order chi connectivity index (χ0) is 15.9. The third kappa shape index (κ3) is 4.37. The van der Waals surface area contributed by atoms with Gasteiger partial charge in [-0.3, -0.25) is 0 Å². The Hall–Kier alpha value is -1.26. The number of aliphatic hydroxyl groups excluding tert-OH is 1. The molecule has 0 bridgehead atoms. The lowest BCUT2D eigenvalue weighted by molar-refractivity contribution is 0.123. The summed E-state index contributed by atoms with van der Waals surface area (Å²) in [7, 11) is 5.44. The highest BCUT2D eigenvalue weighted by molar-refractivity contribution is 5.41. The molecule has 1 aliphatic rings. The summed E-state index contributed by atoms with van der Waals surface area (Å²) in [6, 6.07) is 6.24. The molecule has 0 radical (unpaired) electrons. The molecule has 124 valence electrons. The van der Waals surface area contributed by atoms with Gasteiger partial charge in [-0.25, -0.2) is 0 Å². The van der Waals surface area contributed by atoms with E-state index < -0.39 is 6.10 Å². The van der Waals surface area contributed by atoms with Crippen LogP contribution in [0.4, 0.5) is 0 Å². The predicted octanol–water partition coefficient (Wildman–Crippen LogP) is 3.39. The predicted molar refractivity (Wildman–Crippen MR) is 88.6 cm³/mol. The van der Waals surface area contributed by atoms with Crippen molar-refractivity contribution in [1.29, 1.82) is 0 Å². The molecule has 0 aliphatic heterocycles. The van der Waals surface area contributed by atoms with Gasteiger partial charge in [0.05, 0.1) is 20.3 Å². The van der Waals surface area contributed by atoms with Crippen LogP contribution in [-0.2, 0) is 0 Å². The molecule has 1 fully saturated rings. The first-order chi connectivity index (χ1) is 10.7. The van der Waals surface area contributed by atoms with Gasteiger partial charge < -0.3 is 19.5 Å². The van der Waals surface area contributed by atoms with Crippen molar-refractivity contribution in [1.82, 2.24) is 4.90 Å². The van der Waals surface area contributed by atoms with Gasteiger partial charge >= 0.3 is 0 Å². The van der Waals surface area contributed by atoms with Gasteiger partial charge in [-0.1, -0.05) is 19.3 Å². The number of methoxy groups -OCH3 is 2. The lowest BCUT2D eigenvalue weighted by Gasteiger charge is -2.31. The first-order valence-electron chi connectivity index (χ1n) is 8.26. The molecule has 0 heterocycles. The van der Waals surface area contributed by atoms with Gasteiger partial charge in [-0.2, -0.15) is 0 Å². The minimum atomic E-state index is -0.531. The van der Waals surface area contributed by atoms with Crippen LogP contribution in [0.2, 0.25) is 0 Å². The average molecular weight is 307 g/mol. The SMILES string of the molecule is COc1ccc(OC)c(C(O)CCN(C)C2CCCCC2)c1. The maximum absolute atomic E-state index is 10.5. The van der Waals surface area contributed by atoms with Crippen molar-refractivity contribution in [3.05, 3.63) is 23.8 Å². The number of hydrogen-bond acceptors (Lipinski definition) is 4. The van der Waals surface area contributed by atoms with E-state index in [1.165, 1.54) is 32.1 Å². The van der Waals surface area contributed by atoms with Crippen molar-refractivity contribution in [2.75, 3.05) is 27.8 Å². The van der Waals surface area contributed by atoms with Crippen LogP contribution in [0.5, 0.6) is 11.5 Å². The van der Waals surface area contributed by atoms with E-state index in [9.17, 15) is 5.11 Å². The molecule has 4 nitrogen and oxygen atoms in total. The summed E-state index contributed by atoms with van der Waals surface area (Å²) in [5, 5.41) is 10.5. The minimum Gasteiger partial charge on any atom is -0.497 e. The lowest BCUT2D eigenvalue weighted by atomic mass is 9.94. The minimum absolute atomic E-state index is 0.531. The molecule has 1 N–H and O–H groups in total. The number of nitrogens with zero attached hydrogens (tertiary/aromatic N) is 1. The summed E-state index contributed by atoms with van der Waals surface area (Å²) in [6.45, 7) is 0.895. The largest absolute Gasteiger partial charge is 0.497 e. The molecule has 0 saturated heterocycles. The van der Waals surface area contributed by atoms with Crippen LogP contribution in [0.1, 0.15) is 50.2 Å². The molecule has 1 aromatic rings. The van der Waals surface area contributed by atoms with Crippen LogP contribution >= 0.6 is 0 Å². The van der Waals surface area contributed by atoms with Crippen LogP contribution < -0.4 is 9.47 Å². The van der Waals surface area contributed by atoms with Gasteiger partial charge in [0.1, 0.15) is 11.5 Å². The Morgan fingerprint density at radius 2 is 1.91 bits per heavy atom. The molecular weight excluding hydrogens is 278 g/mol. The van der Waals surface area contributed by atoms with Crippen molar-refractivity contribution < 1.29 is 14.6 Å². The van der Waals surface area contributed by atoms with E-state index in [1.54, 1.807) is 14.2 Å². The van der Waals surface area contributed by atoms with E-state index in [4.69, 9.17) is 9.47 Å². The number of hydrogen-bond donors (Lipinski definition) is 1. The van der Waals surface area contributed by atoms with Crippen molar-refractivity contribution in [2.24, 2.45) is 0 Å². The number of aliphatic hydroxyl groups is 1. The summed E-state index contributed by atoms with van der Waals surface area (Å²) in [5.41, 5.74) is 0.805. The smallest absolute Gasteiger partial charge is 0.124 e. The van der Waals surface area contributed by atoms with Gasteiger partial charge in [-0.15, -0.1) is 0 Å². The Morgan fingerprint density at radius 3 is 2.55 bits per heavy atom. The first-order valence-corrected chi connectivity index (χ1v) is 8.26. The van der Waals surface area contributed by atoms with E-state index in [-0.39, 0.29) is 0 Å². The van der Waals surface area contributed by atoms with E-state index in [1.807, 2.05) is 18.2 Å². The molecular formula is C18H29NO3. The quantitative estimate of drug-likeness (QED) is 0.838. The average Bonchev–Trinajstić information content (AvgIpc) is 2.59. The van der Waals surface area contributed by atoms with Gasteiger partial charge in [-0.05, 0) is 44.5 Å². The van der Waals surface area contributed by atoms with Crippen LogP contribution in [0.15, 0.2) is 18.2 Å². The number of ether oxygens (including phenoxy) is 2. The zero-order valence-electron chi connectivity index (χ0n) is 14.0. The van der Waals surface area contributed by atoms with Gasteiger partial charge in [0.2, 0.25) is 0 Å². The highest BCUT2D eigenvalue weighted by Crippen LogP contribution is 2.31. The monoisotopic (exact) mass is 307 g/mol. The number of benzene rings is 1. The topological polar surface area (TPSA) is 41.9 Å². The second-order valence-corrected chi connectivity index (χ2v) is 6.18. The van der Waals surface area contributed by atoms with Crippen LogP contribution in [0, 0.1) is 0 Å². The maximum atomic E-state index is 10.5. The van der Waals surface area contributed by atoms with Crippen molar-refractivity contribution in [2.45, 2.75) is 50.7 Å². The molecule has 1 atom stereocenters. The summed E-state index contributed by atoms with van der Waals surface area (Å²) >= 11 is 0. The fourth-order valence-corrected chi connectivity index (χ4v) is 3.29.